The minimum atomic E-state index is -3.56. The van der Waals surface area contributed by atoms with Crippen molar-refractivity contribution in [1.82, 2.24) is 15.1 Å². The molecule has 3 aromatic carbocycles. The lowest BCUT2D eigenvalue weighted by atomic mass is 10.0. The maximum atomic E-state index is 13.7. The van der Waals surface area contributed by atoms with E-state index in [2.05, 4.69) is 15.4 Å². The van der Waals surface area contributed by atoms with Gasteiger partial charge in [-0.2, -0.15) is 13.9 Å². The Morgan fingerprint density at radius 1 is 1.09 bits per heavy atom. The number of nitrogens with one attached hydrogen (secondary N) is 1. The first-order chi connectivity index (χ1) is 22.3. The summed E-state index contributed by atoms with van der Waals surface area (Å²) in [4.78, 5) is 29.0. The lowest BCUT2D eigenvalue weighted by Gasteiger charge is -2.28. The molecule has 1 unspecified atom stereocenters. The number of amides is 2. The number of halogens is 2. The summed E-state index contributed by atoms with van der Waals surface area (Å²) >= 11 is 0. The Morgan fingerprint density at radius 3 is 2.62 bits per heavy atom. The second kappa shape index (κ2) is 12.7. The lowest BCUT2D eigenvalue weighted by molar-refractivity contribution is -0.144. The zero-order valence-electron chi connectivity index (χ0n) is 25.6. The molecule has 4 aromatic rings. The molecule has 2 aliphatic heterocycles. The Balaban J connectivity index is 1.24. The molecule has 1 N–H and O–H groups in total. The van der Waals surface area contributed by atoms with E-state index in [1.165, 1.54) is 0 Å². The van der Waals surface area contributed by atoms with Gasteiger partial charge in [-0.15, -0.1) is 0 Å². The number of sulfone groups is 1. The normalized spacial score (nSPS) is 17.7. The summed E-state index contributed by atoms with van der Waals surface area (Å²) in [5, 5.41) is 7.56. The third-order valence-electron chi connectivity index (χ3n) is 7.87. The molecule has 11 nitrogen and oxygen atoms in total. The number of nitrogens with zero attached hydrogens (tertiary/aromatic N) is 3. The SMILES string of the molecule is C[C@H](NC(=O)C(C)(F)F)C(Cc1ccc2c(c1)OCCO2)Oc1ccc2c(cnn2-c2cccc(C(=O)N=C3CCS(=O)(=O)C3)c2)c1. The van der Waals surface area contributed by atoms with Crippen LogP contribution in [0.5, 0.6) is 17.2 Å². The summed E-state index contributed by atoms with van der Waals surface area (Å²) in [6.45, 7) is 3.00. The molecule has 0 saturated carbocycles. The van der Waals surface area contributed by atoms with Crippen molar-refractivity contribution in [2.24, 2.45) is 4.99 Å². The van der Waals surface area contributed by atoms with Crippen molar-refractivity contribution in [3.8, 4) is 22.9 Å². The number of carbonyl (C=O) groups excluding carboxylic acids is 2. The van der Waals surface area contributed by atoms with Crippen LogP contribution in [0.15, 0.2) is 71.9 Å². The van der Waals surface area contributed by atoms with Crippen molar-refractivity contribution < 1.29 is 41.0 Å². The summed E-state index contributed by atoms with van der Waals surface area (Å²) in [5.74, 6) is -4.10. The predicted molar refractivity (Wildman–Crippen MR) is 170 cm³/mol. The van der Waals surface area contributed by atoms with Gasteiger partial charge < -0.3 is 19.5 Å². The van der Waals surface area contributed by atoms with Gasteiger partial charge in [-0.05, 0) is 61.0 Å². The van der Waals surface area contributed by atoms with E-state index in [0.717, 1.165) is 5.56 Å². The van der Waals surface area contributed by atoms with Crippen LogP contribution in [-0.2, 0) is 21.1 Å². The highest BCUT2D eigenvalue weighted by atomic mass is 32.2. The van der Waals surface area contributed by atoms with Crippen LogP contribution in [0.2, 0.25) is 0 Å². The number of alkyl halides is 2. The summed E-state index contributed by atoms with van der Waals surface area (Å²) in [5.41, 5.74) is 2.73. The van der Waals surface area contributed by atoms with Crippen molar-refractivity contribution in [2.45, 2.75) is 44.8 Å². The molecule has 1 saturated heterocycles. The fraction of sp³-hybridized carbons (Fsp3) is 0.333. The second-order valence-corrected chi connectivity index (χ2v) is 13.8. The van der Waals surface area contributed by atoms with Crippen molar-refractivity contribution in [3.05, 3.63) is 78.0 Å². The minimum Gasteiger partial charge on any atom is -0.488 e. The summed E-state index contributed by atoms with van der Waals surface area (Å²) in [6.07, 6.45) is 1.39. The van der Waals surface area contributed by atoms with Crippen LogP contribution in [0.1, 0.15) is 36.2 Å². The van der Waals surface area contributed by atoms with Crippen LogP contribution in [0.4, 0.5) is 8.78 Å². The highest BCUT2D eigenvalue weighted by Crippen LogP contribution is 2.32. The van der Waals surface area contributed by atoms with Crippen LogP contribution in [-0.4, -0.2) is 78.5 Å². The first kappa shape index (κ1) is 32.1. The molecule has 2 aliphatic rings. The molecule has 246 valence electrons. The molecule has 0 spiro atoms. The molecule has 0 aliphatic carbocycles. The van der Waals surface area contributed by atoms with Gasteiger partial charge in [0, 0.05) is 36.4 Å². The largest absolute Gasteiger partial charge is 0.488 e. The van der Waals surface area contributed by atoms with E-state index in [1.807, 2.05) is 12.1 Å². The number of aliphatic imine (C=N–C) groups is 1. The number of carbonyl (C=O) groups is 2. The van der Waals surface area contributed by atoms with Crippen LogP contribution in [0.3, 0.4) is 0 Å². The molecule has 1 aromatic heterocycles. The van der Waals surface area contributed by atoms with E-state index < -0.39 is 39.7 Å². The fourth-order valence-electron chi connectivity index (χ4n) is 5.40. The fourth-order valence-corrected chi connectivity index (χ4v) is 6.80. The number of ether oxygens (including phenoxy) is 3. The topological polar surface area (TPSA) is 138 Å². The van der Waals surface area contributed by atoms with Crippen LogP contribution in [0, 0.1) is 0 Å². The molecule has 0 radical (unpaired) electrons. The Hall–Kier alpha value is -4.85. The number of rotatable bonds is 9. The van der Waals surface area contributed by atoms with E-state index in [9.17, 15) is 26.8 Å². The molecule has 1 fully saturated rings. The number of benzene rings is 3. The van der Waals surface area contributed by atoms with E-state index in [-0.39, 0.29) is 24.3 Å². The average molecular weight is 667 g/mol. The molecular weight excluding hydrogens is 634 g/mol. The van der Waals surface area contributed by atoms with E-state index in [0.29, 0.717) is 65.3 Å². The highest BCUT2D eigenvalue weighted by molar-refractivity contribution is 7.92. The Labute approximate surface area is 269 Å². The van der Waals surface area contributed by atoms with Gasteiger partial charge in [0.1, 0.15) is 25.1 Å². The van der Waals surface area contributed by atoms with Gasteiger partial charge in [-0.25, -0.2) is 18.1 Å². The third kappa shape index (κ3) is 7.43. The van der Waals surface area contributed by atoms with Gasteiger partial charge in [0.15, 0.2) is 21.3 Å². The van der Waals surface area contributed by atoms with Crippen molar-refractivity contribution in [1.29, 1.82) is 0 Å². The molecule has 0 bridgehead atoms. The van der Waals surface area contributed by atoms with E-state index in [1.54, 1.807) is 66.3 Å². The van der Waals surface area contributed by atoms with Crippen LogP contribution < -0.4 is 19.5 Å². The highest BCUT2D eigenvalue weighted by Gasteiger charge is 2.35. The molecule has 2 atom stereocenters. The second-order valence-electron chi connectivity index (χ2n) is 11.6. The zero-order valence-corrected chi connectivity index (χ0v) is 26.4. The molecular formula is C33H32F2N4O7S. The predicted octanol–water partition coefficient (Wildman–Crippen LogP) is 4.35. The van der Waals surface area contributed by atoms with Gasteiger partial charge in [0.2, 0.25) is 0 Å². The Bertz CT molecular complexity index is 1990. The third-order valence-corrected chi connectivity index (χ3v) is 9.47. The van der Waals surface area contributed by atoms with Crippen LogP contribution in [0.25, 0.3) is 16.6 Å². The van der Waals surface area contributed by atoms with Gasteiger partial charge in [0.25, 0.3) is 11.8 Å². The maximum absolute atomic E-state index is 13.7. The number of hydrogen-bond donors (Lipinski definition) is 1. The van der Waals surface area contributed by atoms with Gasteiger partial charge in [-0.1, -0.05) is 12.1 Å². The molecule has 3 heterocycles. The summed E-state index contributed by atoms with van der Waals surface area (Å²) in [6, 6.07) is 16.6. The van der Waals surface area contributed by atoms with Crippen molar-refractivity contribution >= 4 is 38.3 Å². The first-order valence-corrected chi connectivity index (χ1v) is 16.8. The standard InChI is InChI=1S/C33H32F2N4O7S/c1-20(37-32(41)33(2,34)35)29(14-21-6-9-28-30(15-21)45-12-11-44-28)46-26-7-8-27-23(17-26)18-36-39(27)25-5-3-4-22(16-25)31(40)38-24-10-13-47(42,43)19-24/h3-9,15-18,20,29H,10-14,19H2,1-2H3,(H,37,41)/t20-,29?/m0/s1. The Kier molecular flexibility index (Phi) is 8.70. The van der Waals surface area contributed by atoms with Crippen LogP contribution >= 0.6 is 0 Å². The van der Waals surface area contributed by atoms with Gasteiger partial charge in [0.05, 0.1) is 34.9 Å². The monoisotopic (exact) mass is 666 g/mol. The van der Waals surface area contributed by atoms with Crippen molar-refractivity contribution in [2.75, 3.05) is 24.7 Å². The number of fused-ring (bicyclic) bond motifs is 2. The molecule has 47 heavy (non-hydrogen) atoms. The summed E-state index contributed by atoms with van der Waals surface area (Å²) < 4.78 is 70.2. The quantitative estimate of drug-likeness (QED) is 0.279. The lowest BCUT2D eigenvalue weighted by Crippen LogP contribution is -2.49. The zero-order chi connectivity index (χ0) is 33.3. The van der Waals surface area contributed by atoms with Crippen molar-refractivity contribution in [3.63, 3.8) is 0 Å². The Morgan fingerprint density at radius 2 is 1.87 bits per heavy atom. The molecule has 14 heteroatoms. The van der Waals surface area contributed by atoms with Gasteiger partial charge >= 0.3 is 5.92 Å². The minimum absolute atomic E-state index is 0.00841. The maximum Gasteiger partial charge on any atom is 0.321 e. The smallest absolute Gasteiger partial charge is 0.321 e. The number of aromatic nitrogens is 2. The first-order valence-electron chi connectivity index (χ1n) is 15.0. The van der Waals surface area contributed by atoms with E-state index >= 15 is 0 Å². The number of hydrogen-bond acceptors (Lipinski definition) is 8. The summed E-state index contributed by atoms with van der Waals surface area (Å²) in [7, 11) is -3.20. The molecule has 2 amide bonds. The van der Waals surface area contributed by atoms with E-state index in [4.69, 9.17) is 14.2 Å². The van der Waals surface area contributed by atoms with Gasteiger partial charge in [-0.3, -0.25) is 9.59 Å². The molecule has 6 rings (SSSR count). The average Bonchev–Trinajstić information content (AvgIpc) is 3.61.